The third-order valence-corrected chi connectivity index (χ3v) is 3.19. The van der Waals surface area contributed by atoms with Crippen molar-refractivity contribution >= 4 is 16.5 Å². The van der Waals surface area contributed by atoms with Crippen molar-refractivity contribution in [3.05, 3.63) is 4.88 Å². The maximum absolute atomic E-state index is 9.84. The Morgan fingerprint density at radius 2 is 2.27 bits per heavy atom. The van der Waals surface area contributed by atoms with Crippen LogP contribution in [0.4, 0.5) is 5.13 Å². The maximum atomic E-state index is 9.84. The Bertz CT molecular complexity index is 314. The normalized spacial score (nSPS) is 12.6. The fourth-order valence-electron chi connectivity index (χ4n) is 1.14. The topological polar surface area (TPSA) is 57.6 Å². The molecule has 1 unspecified atom stereocenters. The van der Waals surface area contributed by atoms with Gasteiger partial charge in [-0.2, -0.15) is 4.98 Å². The lowest BCUT2D eigenvalue weighted by Gasteiger charge is -2.08. The number of aliphatic hydroxyl groups excluding tert-OH is 1. The molecule has 1 aromatic heterocycles. The zero-order valence-corrected chi connectivity index (χ0v) is 10.3. The molecule has 0 aliphatic carbocycles. The minimum Gasteiger partial charge on any atom is -0.480 e. The highest BCUT2D eigenvalue weighted by molar-refractivity contribution is 7.16. The van der Waals surface area contributed by atoms with Gasteiger partial charge in [-0.1, -0.05) is 11.3 Å². The van der Waals surface area contributed by atoms with E-state index in [4.69, 9.17) is 4.74 Å². The third-order valence-electron chi connectivity index (χ3n) is 1.89. The monoisotopic (exact) mass is 231 g/mol. The summed E-state index contributed by atoms with van der Waals surface area (Å²) in [6.45, 7) is 0.491. The Labute approximate surface area is 93.7 Å². The number of thiazole rings is 1. The van der Waals surface area contributed by atoms with E-state index in [2.05, 4.69) is 10.3 Å². The zero-order valence-electron chi connectivity index (χ0n) is 9.44. The van der Waals surface area contributed by atoms with E-state index >= 15 is 0 Å². The molecule has 1 atom stereocenters. The largest absolute Gasteiger partial charge is 0.480 e. The molecule has 15 heavy (non-hydrogen) atoms. The summed E-state index contributed by atoms with van der Waals surface area (Å²) < 4.78 is 5.13. The van der Waals surface area contributed by atoms with Crippen LogP contribution in [-0.2, 0) is 0 Å². The summed E-state index contributed by atoms with van der Waals surface area (Å²) >= 11 is 1.44. The Hall–Kier alpha value is -0.850. The fraction of sp³-hybridized carbons (Fsp3) is 0.667. The van der Waals surface area contributed by atoms with Crippen molar-refractivity contribution in [2.24, 2.45) is 0 Å². The highest BCUT2D eigenvalue weighted by atomic mass is 32.1. The minimum absolute atomic E-state index is 0.491. The Balaban J connectivity index is 2.94. The van der Waals surface area contributed by atoms with E-state index in [1.165, 1.54) is 11.3 Å². The Kier molecular flexibility index (Phi) is 4.31. The number of anilines is 1. The van der Waals surface area contributed by atoms with Crippen molar-refractivity contribution in [3.63, 3.8) is 0 Å². The van der Waals surface area contributed by atoms with Gasteiger partial charge >= 0.3 is 0 Å². The molecule has 0 aliphatic heterocycles. The molecule has 1 rings (SSSR count). The number of rotatable bonds is 5. The molecular weight excluding hydrogens is 214 g/mol. The van der Waals surface area contributed by atoms with Crippen molar-refractivity contribution < 1.29 is 9.84 Å². The van der Waals surface area contributed by atoms with E-state index in [1.807, 2.05) is 19.0 Å². The number of methoxy groups -OCH3 is 1. The predicted molar refractivity (Wildman–Crippen MR) is 61.9 cm³/mol. The van der Waals surface area contributed by atoms with Crippen molar-refractivity contribution in [3.8, 4) is 5.88 Å². The molecule has 0 saturated heterocycles. The molecule has 0 radical (unpaired) electrons. The van der Waals surface area contributed by atoms with Gasteiger partial charge in [0.05, 0.1) is 7.11 Å². The van der Waals surface area contributed by atoms with E-state index in [0.717, 1.165) is 10.0 Å². The molecule has 1 aromatic rings. The van der Waals surface area contributed by atoms with Crippen molar-refractivity contribution in [2.75, 3.05) is 39.7 Å². The first-order valence-corrected chi connectivity index (χ1v) is 5.46. The van der Waals surface area contributed by atoms with Gasteiger partial charge in [0.15, 0.2) is 5.13 Å². The van der Waals surface area contributed by atoms with Gasteiger partial charge in [0.1, 0.15) is 11.0 Å². The smallest absolute Gasteiger partial charge is 0.232 e. The van der Waals surface area contributed by atoms with Crippen LogP contribution >= 0.6 is 11.3 Å². The molecule has 86 valence electrons. The standard InChI is InChI=1S/C9H17N3O2S/c1-10-5-6(13)7-8(14-4)11-9(15-7)12(2)3/h6,10,13H,5H2,1-4H3. The molecule has 0 saturated carbocycles. The molecule has 0 fully saturated rings. The molecule has 6 heteroatoms. The number of aliphatic hydroxyl groups is 1. The highest BCUT2D eigenvalue weighted by Gasteiger charge is 2.19. The molecule has 0 aromatic carbocycles. The zero-order chi connectivity index (χ0) is 11.4. The van der Waals surface area contributed by atoms with Crippen LogP contribution in [0.5, 0.6) is 5.88 Å². The number of hydrogen-bond acceptors (Lipinski definition) is 6. The van der Waals surface area contributed by atoms with Gasteiger partial charge in [-0.05, 0) is 7.05 Å². The van der Waals surface area contributed by atoms with Gasteiger partial charge in [-0.15, -0.1) is 0 Å². The van der Waals surface area contributed by atoms with Crippen LogP contribution in [0, 0.1) is 0 Å². The molecule has 0 aliphatic rings. The molecule has 2 N–H and O–H groups in total. The average Bonchev–Trinajstić information content (AvgIpc) is 2.61. The summed E-state index contributed by atoms with van der Waals surface area (Å²) in [6.07, 6.45) is -0.573. The number of likely N-dealkylation sites (N-methyl/N-ethyl adjacent to an activating group) is 1. The molecule has 5 nitrogen and oxygen atoms in total. The number of ether oxygens (including phenoxy) is 1. The number of aromatic nitrogens is 1. The second-order valence-corrected chi connectivity index (χ2v) is 4.35. The highest BCUT2D eigenvalue weighted by Crippen LogP contribution is 2.34. The lowest BCUT2D eigenvalue weighted by molar-refractivity contribution is 0.177. The number of nitrogens with zero attached hydrogens (tertiary/aromatic N) is 2. The average molecular weight is 231 g/mol. The molecule has 0 spiro atoms. The van der Waals surface area contributed by atoms with E-state index in [9.17, 15) is 5.11 Å². The quantitative estimate of drug-likeness (QED) is 0.771. The van der Waals surface area contributed by atoms with E-state index < -0.39 is 6.10 Å². The number of hydrogen-bond donors (Lipinski definition) is 2. The third kappa shape index (κ3) is 2.80. The molecule has 1 heterocycles. The lowest BCUT2D eigenvalue weighted by Crippen LogP contribution is -2.16. The molecular formula is C9H17N3O2S. The summed E-state index contributed by atoms with van der Waals surface area (Å²) in [5, 5.41) is 13.6. The van der Waals surface area contributed by atoms with Gasteiger partial charge < -0.3 is 20.1 Å². The Morgan fingerprint density at radius 3 is 2.73 bits per heavy atom. The summed E-state index contributed by atoms with van der Waals surface area (Å²) in [5.41, 5.74) is 0. The first-order chi connectivity index (χ1) is 7.10. The van der Waals surface area contributed by atoms with Gasteiger partial charge in [-0.3, -0.25) is 0 Å². The minimum atomic E-state index is -0.573. The summed E-state index contributed by atoms with van der Waals surface area (Å²) in [6, 6.07) is 0. The number of nitrogens with one attached hydrogen (secondary N) is 1. The summed E-state index contributed by atoms with van der Waals surface area (Å²) in [7, 11) is 7.17. The SMILES string of the molecule is CNCC(O)c1sc(N(C)C)nc1OC. The second kappa shape index (κ2) is 5.29. The predicted octanol–water partition coefficient (Wildman–Crippen LogP) is 0.471. The van der Waals surface area contributed by atoms with Crippen LogP contribution in [0.1, 0.15) is 11.0 Å². The van der Waals surface area contributed by atoms with Crippen LogP contribution in [-0.4, -0.2) is 44.9 Å². The lowest BCUT2D eigenvalue weighted by atomic mass is 10.3. The van der Waals surface area contributed by atoms with E-state index in [1.54, 1.807) is 14.2 Å². The van der Waals surface area contributed by atoms with Crippen LogP contribution in [0.25, 0.3) is 0 Å². The van der Waals surface area contributed by atoms with Crippen molar-refractivity contribution in [2.45, 2.75) is 6.10 Å². The Morgan fingerprint density at radius 1 is 1.60 bits per heavy atom. The van der Waals surface area contributed by atoms with Crippen LogP contribution < -0.4 is 15.0 Å². The van der Waals surface area contributed by atoms with Gasteiger partial charge in [0.2, 0.25) is 5.88 Å². The van der Waals surface area contributed by atoms with Crippen LogP contribution in [0.3, 0.4) is 0 Å². The van der Waals surface area contributed by atoms with Crippen molar-refractivity contribution in [1.29, 1.82) is 0 Å². The van der Waals surface area contributed by atoms with Crippen LogP contribution in [0.15, 0.2) is 0 Å². The molecule has 0 bridgehead atoms. The molecule has 0 amide bonds. The van der Waals surface area contributed by atoms with E-state index in [0.29, 0.717) is 12.4 Å². The van der Waals surface area contributed by atoms with Gasteiger partial charge in [0.25, 0.3) is 0 Å². The summed E-state index contributed by atoms with van der Waals surface area (Å²) in [4.78, 5) is 6.92. The van der Waals surface area contributed by atoms with Crippen LogP contribution in [0.2, 0.25) is 0 Å². The summed E-state index contributed by atoms with van der Waals surface area (Å²) in [5.74, 6) is 0.506. The fourth-order valence-corrected chi connectivity index (χ4v) is 2.08. The van der Waals surface area contributed by atoms with Crippen molar-refractivity contribution in [1.82, 2.24) is 10.3 Å². The van der Waals surface area contributed by atoms with Gasteiger partial charge in [0, 0.05) is 20.6 Å². The maximum Gasteiger partial charge on any atom is 0.232 e. The first-order valence-electron chi connectivity index (χ1n) is 4.64. The van der Waals surface area contributed by atoms with E-state index in [-0.39, 0.29) is 0 Å². The second-order valence-electron chi connectivity index (χ2n) is 3.34. The van der Waals surface area contributed by atoms with Gasteiger partial charge in [-0.25, -0.2) is 0 Å². The first kappa shape index (κ1) is 12.2.